The first-order valence-corrected chi connectivity index (χ1v) is 6.65. The maximum atomic E-state index is 5.07. The molecule has 1 unspecified atom stereocenters. The van der Waals surface area contributed by atoms with Crippen LogP contribution >= 0.6 is 0 Å². The number of rotatable bonds is 6. The van der Waals surface area contributed by atoms with E-state index in [-0.39, 0.29) is 0 Å². The Morgan fingerprint density at radius 1 is 1.16 bits per heavy atom. The van der Waals surface area contributed by atoms with Gasteiger partial charge in [-0.2, -0.15) is 0 Å². The monoisotopic (exact) mass is 256 g/mol. The van der Waals surface area contributed by atoms with Crippen molar-refractivity contribution in [3.05, 3.63) is 54.2 Å². The molecule has 1 aromatic heterocycles. The van der Waals surface area contributed by atoms with Crippen molar-refractivity contribution < 1.29 is 4.74 Å². The standard InChI is InChI=1S/C16H20N2O/c1-3-7-15(13-8-5-4-6-9-13)18-14-10-11-16(19-2)17-12-14/h4-6,8-12,15,18H,3,7H2,1-2H3. The summed E-state index contributed by atoms with van der Waals surface area (Å²) in [6.07, 6.45) is 4.04. The molecule has 3 heteroatoms. The van der Waals surface area contributed by atoms with E-state index in [0.717, 1.165) is 18.5 Å². The molecule has 1 atom stereocenters. The van der Waals surface area contributed by atoms with Crippen LogP contribution in [0.4, 0.5) is 5.69 Å². The average molecular weight is 256 g/mol. The van der Waals surface area contributed by atoms with Gasteiger partial charge in [-0.05, 0) is 18.1 Å². The first kappa shape index (κ1) is 13.4. The maximum Gasteiger partial charge on any atom is 0.213 e. The molecule has 2 aromatic rings. The Balaban J connectivity index is 2.11. The summed E-state index contributed by atoms with van der Waals surface area (Å²) in [6.45, 7) is 2.20. The first-order valence-electron chi connectivity index (χ1n) is 6.65. The summed E-state index contributed by atoms with van der Waals surface area (Å²) in [5.74, 6) is 0.636. The summed E-state index contributed by atoms with van der Waals surface area (Å²) in [5, 5.41) is 3.53. The van der Waals surface area contributed by atoms with E-state index in [0.29, 0.717) is 11.9 Å². The minimum Gasteiger partial charge on any atom is -0.481 e. The number of methoxy groups -OCH3 is 1. The second-order valence-electron chi connectivity index (χ2n) is 4.49. The third-order valence-corrected chi connectivity index (χ3v) is 3.07. The highest BCUT2D eigenvalue weighted by Gasteiger charge is 2.10. The van der Waals surface area contributed by atoms with Gasteiger partial charge in [0.05, 0.1) is 25.0 Å². The summed E-state index contributed by atoms with van der Waals surface area (Å²) in [6, 6.07) is 14.7. The molecule has 1 heterocycles. The fraction of sp³-hybridized carbons (Fsp3) is 0.312. The van der Waals surface area contributed by atoms with Crippen LogP contribution in [0.2, 0.25) is 0 Å². The molecular weight excluding hydrogens is 236 g/mol. The molecule has 1 N–H and O–H groups in total. The molecule has 0 fully saturated rings. The largest absolute Gasteiger partial charge is 0.481 e. The molecule has 19 heavy (non-hydrogen) atoms. The number of anilines is 1. The van der Waals surface area contributed by atoms with Crippen LogP contribution in [0.1, 0.15) is 31.4 Å². The minimum atomic E-state index is 0.321. The lowest BCUT2D eigenvalue weighted by Gasteiger charge is -2.19. The molecule has 100 valence electrons. The molecule has 2 rings (SSSR count). The van der Waals surface area contributed by atoms with Gasteiger partial charge in [0.1, 0.15) is 0 Å². The predicted octanol–water partition coefficient (Wildman–Crippen LogP) is 4.04. The average Bonchev–Trinajstić information content (AvgIpc) is 2.48. The van der Waals surface area contributed by atoms with Gasteiger partial charge in [-0.25, -0.2) is 4.98 Å². The van der Waals surface area contributed by atoms with E-state index < -0.39 is 0 Å². The molecule has 3 nitrogen and oxygen atoms in total. The zero-order valence-electron chi connectivity index (χ0n) is 11.5. The molecule has 0 aliphatic heterocycles. The molecule has 1 aromatic carbocycles. The molecule has 0 bridgehead atoms. The van der Waals surface area contributed by atoms with Gasteiger partial charge in [0, 0.05) is 6.07 Å². The van der Waals surface area contributed by atoms with Gasteiger partial charge in [-0.1, -0.05) is 43.7 Å². The number of aromatic nitrogens is 1. The van der Waals surface area contributed by atoms with Crippen LogP contribution in [0, 0.1) is 0 Å². The summed E-state index contributed by atoms with van der Waals surface area (Å²) < 4.78 is 5.07. The first-order chi connectivity index (χ1) is 9.33. The molecule has 0 saturated heterocycles. The van der Waals surface area contributed by atoms with Crippen molar-refractivity contribution in [2.75, 3.05) is 12.4 Å². The predicted molar refractivity (Wildman–Crippen MR) is 78.5 cm³/mol. The zero-order chi connectivity index (χ0) is 13.5. The normalized spacial score (nSPS) is 11.9. The maximum absolute atomic E-state index is 5.07. The van der Waals surface area contributed by atoms with E-state index in [1.165, 1.54) is 5.56 Å². The fourth-order valence-corrected chi connectivity index (χ4v) is 2.08. The number of hydrogen-bond donors (Lipinski definition) is 1. The highest BCUT2D eigenvalue weighted by Crippen LogP contribution is 2.24. The van der Waals surface area contributed by atoms with Crippen LogP contribution in [0.15, 0.2) is 48.7 Å². The molecule has 0 aliphatic carbocycles. The molecular formula is C16H20N2O. The van der Waals surface area contributed by atoms with Gasteiger partial charge in [-0.15, -0.1) is 0 Å². The van der Waals surface area contributed by atoms with E-state index in [9.17, 15) is 0 Å². The van der Waals surface area contributed by atoms with E-state index >= 15 is 0 Å². The third kappa shape index (κ3) is 3.71. The van der Waals surface area contributed by atoms with Crippen LogP contribution < -0.4 is 10.1 Å². The summed E-state index contributed by atoms with van der Waals surface area (Å²) >= 11 is 0. The highest BCUT2D eigenvalue weighted by atomic mass is 16.5. The topological polar surface area (TPSA) is 34.1 Å². The van der Waals surface area contributed by atoms with E-state index in [1.54, 1.807) is 7.11 Å². The molecule has 0 spiro atoms. The minimum absolute atomic E-state index is 0.321. The smallest absolute Gasteiger partial charge is 0.213 e. The second-order valence-corrected chi connectivity index (χ2v) is 4.49. The van der Waals surface area contributed by atoms with E-state index in [4.69, 9.17) is 4.74 Å². The Hall–Kier alpha value is -2.03. The summed E-state index contributed by atoms with van der Waals surface area (Å²) in [5.41, 5.74) is 2.32. The van der Waals surface area contributed by atoms with E-state index in [2.05, 4.69) is 41.5 Å². The lowest BCUT2D eigenvalue weighted by molar-refractivity contribution is 0.398. The Bertz CT molecular complexity index is 482. The zero-order valence-corrected chi connectivity index (χ0v) is 11.5. The fourth-order valence-electron chi connectivity index (χ4n) is 2.08. The third-order valence-electron chi connectivity index (χ3n) is 3.07. The van der Waals surface area contributed by atoms with Crippen molar-refractivity contribution in [3.63, 3.8) is 0 Å². The Kier molecular flexibility index (Phi) is 4.78. The van der Waals surface area contributed by atoms with Crippen molar-refractivity contribution in [2.45, 2.75) is 25.8 Å². The molecule has 0 radical (unpaired) electrons. The molecule has 0 aliphatic rings. The van der Waals surface area contributed by atoms with Crippen molar-refractivity contribution in [1.29, 1.82) is 0 Å². The van der Waals surface area contributed by atoms with Gasteiger partial charge in [0.15, 0.2) is 0 Å². The lowest BCUT2D eigenvalue weighted by atomic mass is 10.0. The van der Waals surface area contributed by atoms with Crippen molar-refractivity contribution >= 4 is 5.69 Å². The summed E-state index contributed by atoms with van der Waals surface area (Å²) in [7, 11) is 1.62. The van der Waals surface area contributed by atoms with E-state index in [1.807, 2.05) is 24.4 Å². The lowest BCUT2D eigenvalue weighted by Crippen LogP contribution is -2.10. The number of benzene rings is 1. The van der Waals surface area contributed by atoms with Crippen molar-refractivity contribution in [1.82, 2.24) is 4.98 Å². The van der Waals surface area contributed by atoms with Crippen LogP contribution in [0.25, 0.3) is 0 Å². The van der Waals surface area contributed by atoms with Crippen LogP contribution in [0.3, 0.4) is 0 Å². The quantitative estimate of drug-likeness (QED) is 0.846. The summed E-state index contributed by atoms with van der Waals surface area (Å²) in [4.78, 5) is 4.22. The van der Waals surface area contributed by atoms with Gasteiger partial charge >= 0.3 is 0 Å². The highest BCUT2D eigenvalue weighted by molar-refractivity contribution is 5.44. The number of nitrogens with one attached hydrogen (secondary N) is 1. The van der Waals surface area contributed by atoms with Crippen LogP contribution in [-0.2, 0) is 0 Å². The number of ether oxygens (including phenoxy) is 1. The Labute approximate surface area is 114 Å². The Morgan fingerprint density at radius 3 is 2.53 bits per heavy atom. The van der Waals surface area contributed by atoms with Crippen molar-refractivity contribution in [3.8, 4) is 5.88 Å². The number of hydrogen-bond acceptors (Lipinski definition) is 3. The SMILES string of the molecule is CCCC(Nc1ccc(OC)nc1)c1ccccc1. The molecule has 0 amide bonds. The van der Waals surface area contributed by atoms with Crippen molar-refractivity contribution in [2.24, 2.45) is 0 Å². The van der Waals surface area contributed by atoms with Crippen LogP contribution in [0.5, 0.6) is 5.88 Å². The van der Waals surface area contributed by atoms with Gasteiger partial charge in [0.2, 0.25) is 5.88 Å². The molecule has 0 saturated carbocycles. The Morgan fingerprint density at radius 2 is 1.95 bits per heavy atom. The van der Waals surface area contributed by atoms with Gasteiger partial charge in [-0.3, -0.25) is 0 Å². The van der Waals surface area contributed by atoms with Gasteiger partial charge in [0.25, 0.3) is 0 Å². The van der Waals surface area contributed by atoms with Gasteiger partial charge < -0.3 is 10.1 Å². The number of pyridine rings is 1. The van der Waals surface area contributed by atoms with Crippen LogP contribution in [-0.4, -0.2) is 12.1 Å². The number of nitrogens with zero attached hydrogens (tertiary/aromatic N) is 1. The second kappa shape index (κ2) is 6.78.